The number of hydrogen-bond acceptors (Lipinski definition) is 2. The lowest BCUT2D eigenvalue weighted by Crippen LogP contribution is -2.45. The molecule has 1 aromatic carbocycles. The summed E-state index contributed by atoms with van der Waals surface area (Å²) in [5.41, 5.74) is 3.16. The normalized spacial score (nSPS) is 25.1. The Morgan fingerprint density at radius 3 is 2.70 bits per heavy atom. The lowest BCUT2D eigenvalue weighted by molar-refractivity contribution is -0.0837. The molecule has 1 aliphatic heterocycles. The van der Waals surface area contributed by atoms with E-state index in [0.29, 0.717) is 6.04 Å². The Morgan fingerprint density at radius 2 is 1.95 bits per heavy atom. The first-order chi connectivity index (χ1) is 9.81. The highest BCUT2D eigenvalue weighted by atomic mass is 16.5. The van der Waals surface area contributed by atoms with E-state index in [-0.39, 0.29) is 5.60 Å². The molecule has 1 heterocycles. The van der Waals surface area contributed by atoms with E-state index < -0.39 is 0 Å². The minimum Gasteiger partial charge on any atom is -0.375 e. The maximum atomic E-state index is 6.11. The van der Waals surface area contributed by atoms with Crippen LogP contribution in [0, 0.1) is 0 Å². The summed E-state index contributed by atoms with van der Waals surface area (Å²) >= 11 is 0. The molecular weight excluding hydrogens is 246 g/mol. The van der Waals surface area contributed by atoms with Crippen molar-refractivity contribution in [2.75, 3.05) is 6.61 Å². The summed E-state index contributed by atoms with van der Waals surface area (Å²) in [5, 5.41) is 3.78. The van der Waals surface area contributed by atoms with E-state index in [9.17, 15) is 0 Å². The minimum absolute atomic E-state index is 0.222. The van der Waals surface area contributed by atoms with Crippen LogP contribution in [0.1, 0.15) is 56.6 Å². The topological polar surface area (TPSA) is 21.3 Å². The Bertz CT molecular complexity index is 437. The van der Waals surface area contributed by atoms with Gasteiger partial charge in [-0.1, -0.05) is 44.0 Å². The first-order valence-corrected chi connectivity index (χ1v) is 8.25. The Hall–Kier alpha value is -0.860. The first-order valence-electron chi connectivity index (χ1n) is 8.25. The van der Waals surface area contributed by atoms with Gasteiger partial charge in [0.05, 0.1) is 5.60 Å². The molecular formula is C18H27NO. The Kier molecular flexibility index (Phi) is 4.42. The second-order valence-corrected chi connectivity index (χ2v) is 6.43. The van der Waals surface area contributed by atoms with Gasteiger partial charge in [0, 0.05) is 19.2 Å². The van der Waals surface area contributed by atoms with Crippen LogP contribution in [0.25, 0.3) is 0 Å². The number of rotatable bonds is 4. The smallest absolute Gasteiger partial charge is 0.0697 e. The van der Waals surface area contributed by atoms with Gasteiger partial charge in [-0.25, -0.2) is 0 Å². The molecule has 3 rings (SSSR count). The highest BCUT2D eigenvalue weighted by molar-refractivity contribution is 5.26. The van der Waals surface area contributed by atoms with E-state index in [1.54, 1.807) is 0 Å². The van der Waals surface area contributed by atoms with E-state index in [2.05, 4.69) is 36.5 Å². The SMILES string of the molecule is CCc1ccccc1CNC1CCOC2(CCCC2)C1. The molecule has 1 saturated carbocycles. The van der Waals surface area contributed by atoms with Gasteiger partial charge < -0.3 is 10.1 Å². The van der Waals surface area contributed by atoms with Crippen LogP contribution >= 0.6 is 0 Å². The molecule has 1 N–H and O–H groups in total. The molecule has 1 saturated heterocycles. The van der Waals surface area contributed by atoms with Crippen LogP contribution in [0.2, 0.25) is 0 Å². The molecule has 1 aliphatic carbocycles. The maximum absolute atomic E-state index is 6.11. The van der Waals surface area contributed by atoms with E-state index in [4.69, 9.17) is 4.74 Å². The molecule has 2 heteroatoms. The number of nitrogens with one attached hydrogen (secondary N) is 1. The Balaban J connectivity index is 1.58. The van der Waals surface area contributed by atoms with Crippen LogP contribution in [0.3, 0.4) is 0 Å². The quantitative estimate of drug-likeness (QED) is 0.900. The number of aryl methyl sites for hydroxylation is 1. The molecule has 1 spiro atoms. The highest BCUT2D eigenvalue weighted by Gasteiger charge is 2.39. The molecule has 2 aliphatic rings. The molecule has 20 heavy (non-hydrogen) atoms. The molecule has 0 radical (unpaired) electrons. The number of ether oxygens (including phenoxy) is 1. The molecule has 1 aromatic rings. The van der Waals surface area contributed by atoms with Gasteiger partial charge in [-0.3, -0.25) is 0 Å². The molecule has 0 amide bonds. The number of benzene rings is 1. The summed E-state index contributed by atoms with van der Waals surface area (Å²) in [4.78, 5) is 0. The van der Waals surface area contributed by atoms with Gasteiger partial charge in [-0.2, -0.15) is 0 Å². The van der Waals surface area contributed by atoms with Gasteiger partial charge in [-0.05, 0) is 43.2 Å². The summed E-state index contributed by atoms with van der Waals surface area (Å²) in [5.74, 6) is 0. The van der Waals surface area contributed by atoms with Gasteiger partial charge >= 0.3 is 0 Å². The monoisotopic (exact) mass is 273 g/mol. The van der Waals surface area contributed by atoms with Crippen molar-refractivity contribution in [3.63, 3.8) is 0 Å². The zero-order valence-electron chi connectivity index (χ0n) is 12.7. The molecule has 1 atom stereocenters. The van der Waals surface area contributed by atoms with Crippen LogP contribution in [0.4, 0.5) is 0 Å². The van der Waals surface area contributed by atoms with Crippen molar-refractivity contribution in [1.82, 2.24) is 5.32 Å². The van der Waals surface area contributed by atoms with Crippen LogP contribution in [0.5, 0.6) is 0 Å². The summed E-state index contributed by atoms with van der Waals surface area (Å²) in [6.45, 7) is 4.18. The van der Waals surface area contributed by atoms with Crippen molar-refractivity contribution in [3.8, 4) is 0 Å². The zero-order chi connectivity index (χ0) is 13.8. The fourth-order valence-corrected chi connectivity index (χ4v) is 3.90. The van der Waals surface area contributed by atoms with Gasteiger partial charge in [0.1, 0.15) is 0 Å². The Morgan fingerprint density at radius 1 is 1.20 bits per heavy atom. The molecule has 1 unspecified atom stereocenters. The standard InChI is InChI=1S/C18H27NO/c1-2-15-7-3-4-8-16(15)14-19-17-9-12-20-18(13-17)10-5-6-11-18/h3-4,7-8,17,19H,2,5-6,9-14H2,1H3. The largest absolute Gasteiger partial charge is 0.375 e. The van der Waals surface area contributed by atoms with E-state index in [1.165, 1.54) is 43.2 Å². The molecule has 0 aromatic heterocycles. The van der Waals surface area contributed by atoms with Crippen LogP contribution < -0.4 is 5.32 Å². The second kappa shape index (κ2) is 6.28. The van der Waals surface area contributed by atoms with Crippen molar-refractivity contribution < 1.29 is 4.74 Å². The lowest BCUT2D eigenvalue weighted by atomic mass is 9.89. The average molecular weight is 273 g/mol. The van der Waals surface area contributed by atoms with Gasteiger partial charge in [0.2, 0.25) is 0 Å². The zero-order valence-corrected chi connectivity index (χ0v) is 12.7. The highest BCUT2D eigenvalue weighted by Crippen LogP contribution is 2.40. The summed E-state index contributed by atoms with van der Waals surface area (Å²) in [6, 6.07) is 9.44. The molecule has 110 valence electrons. The van der Waals surface area contributed by atoms with E-state index >= 15 is 0 Å². The van der Waals surface area contributed by atoms with Crippen molar-refractivity contribution in [2.45, 2.75) is 70.1 Å². The second-order valence-electron chi connectivity index (χ2n) is 6.43. The van der Waals surface area contributed by atoms with Crippen LogP contribution in [0.15, 0.2) is 24.3 Å². The summed E-state index contributed by atoms with van der Waals surface area (Å²) in [7, 11) is 0. The third kappa shape index (κ3) is 3.07. The third-order valence-electron chi connectivity index (χ3n) is 5.09. The fourth-order valence-electron chi connectivity index (χ4n) is 3.90. The minimum atomic E-state index is 0.222. The predicted molar refractivity (Wildman–Crippen MR) is 82.8 cm³/mol. The van der Waals surface area contributed by atoms with Crippen LogP contribution in [-0.4, -0.2) is 18.2 Å². The van der Waals surface area contributed by atoms with Crippen molar-refractivity contribution >= 4 is 0 Å². The fraction of sp³-hybridized carbons (Fsp3) is 0.667. The van der Waals surface area contributed by atoms with Gasteiger partial charge in [0.15, 0.2) is 0 Å². The summed E-state index contributed by atoms with van der Waals surface area (Å²) in [6.07, 6.45) is 8.75. The van der Waals surface area contributed by atoms with Crippen molar-refractivity contribution in [3.05, 3.63) is 35.4 Å². The molecule has 0 bridgehead atoms. The molecule has 2 fully saturated rings. The van der Waals surface area contributed by atoms with Crippen molar-refractivity contribution in [2.24, 2.45) is 0 Å². The molecule has 2 nitrogen and oxygen atoms in total. The van der Waals surface area contributed by atoms with Crippen LogP contribution in [-0.2, 0) is 17.7 Å². The predicted octanol–water partition coefficient (Wildman–Crippen LogP) is 3.83. The van der Waals surface area contributed by atoms with Crippen molar-refractivity contribution in [1.29, 1.82) is 0 Å². The Labute approximate surface area is 122 Å². The van der Waals surface area contributed by atoms with E-state index in [1.807, 2.05) is 0 Å². The van der Waals surface area contributed by atoms with Gasteiger partial charge in [0.25, 0.3) is 0 Å². The maximum Gasteiger partial charge on any atom is 0.0697 e. The van der Waals surface area contributed by atoms with E-state index in [0.717, 1.165) is 26.0 Å². The summed E-state index contributed by atoms with van der Waals surface area (Å²) < 4.78 is 6.11. The average Bonchev–Trinajstić information content (AvgIpc) is 2.93. The third-order valence-corrected chi connectivity index (χ3v) is 5.09. The number of hydrogen-bond donors (Lipinski definition) is 1. The van der Waals surface area contributed by atoms with Gasteiger partial charge in [-0.15, -0.1) is 0 Å². The first kappa shape index (κ1) is 14.1. The lowest BCUT2D eigenvalue weighted by Gasteiger charge is -2.38.